The second-order valence-corrected chi connectivity index (χ2v) is 4.51. The molecule has 0 aliphatic heterocycles. The Hall–Kier alpha value is -0.0000000000000000555. The van der Waals surface area contributed by atoms with Crippen LogP contribution in [0.4, 0.5) is 13.2 Å². The van der Waals surface area contributed by atoms with Crippen molar-refractivity contribution in [3.05, 3.63) is 0 Å². The molecule has 0 heterocycles. The molecular formula is C10H16ClF3O2. The van der Waals surface area contributed by atoms with Gasteiger partial charge in [0.15, 0.2) is 6.10 Å². The molecule has 0 aromatic heterocycles. The molecule has 1 aliphatic rings. The highest BCUT2D eigenvalue weighted by atomic mass is 35.5. The summed E-state index contributed by atoms with van der Waals surface area (Å²) in [5.74, 6) is 0. The summed E-state index contributed by atoms with van der Waals surface area (Å²) in [6.07, 6.45) is -5.82. The highest BCUT2D eigenvalue weighted by molar-refractivity contribution is 6.21. The Bertz CT molecular complexity index is 223. The van der Waals surface area contributed by atoms with Crippen LogP contribution in [0, 0.1) is 0 Å². The van der Waals surface area contributed by atoms with Crippen LogP contribution in [0.1, 0.15) is 26.7 Å². The van der Waals surface area contributed by atoms with Crippen molar-refractivity contribution in [2.45, 2.75) is 56.6 Å². The van der Waals surface area contributed by atoms with E-state index < -0.39 is 24.5 Å². The van der Waals surface area contributed by atoms with Crippen LogP contribution >= 0.6 is 11.6 Å². The van der Waals surface area contributed by atoms with E-state index in [4.69, 9.17) is 21.1 Å². The van der Waals surface area contributed by atoms with E-state index in [1.807, 2.05) is 6.92 Å². The van der Waals surface area contributed by atoms with Gasteiger partial charge < -0.3 is 9.47 Å². The van der Waals surface area contributed by atoms with Crippen molar-refractivity contribution in [1.29, 1.82) is 0 Å². The number of ether oxygens (including phenoxy) is 2. The van der Waals surface area contributed by atoms with Gasteiger partial charge in [-0.25, -0.2) is 0 Å². The van der Waals surface area contributed by atoms with Crippen LogP contribution in [0.5, 0.6) is 0 Å². The van der Waals surface area contributed by atoms with Crippen LogP contribution in [0.15, 0.2) is 0 Å². The van der Waals surface area contributed by atoms with Gasteiger partial charge in [0.05, 0.1) is 11.5 Å². The maximum absolute atomic E-state index is 12.2. The molecule has 6 heteroatoms. The standard InChI is InChI=1S/C10H16ClF3O2/c1-3-4-15-9-7(11)5-8(9)16-6(2)10(12,13)14/h6-9H,3-5H2,1-2H3. The topological polar surface area (TPSA) is 18.5 Å². The second kappa shape index (κ2) is 5.56. The largest absolute Gasteiger partial charge is 0.414 e. The van der Waals surface area contributed by atoms with Gasteiger partial charge >= 0.3 is 6.18 Å². The van der Waals surface area contributed by atoms with E-state index in [0.717, 1.165) is 13.3 Å². The van der Waals surface area contributed by atoms with E-state index >= 15 is 0 Å². The van der Waals surface area contributed by atoms with Crippen LogP contribution in [0.2, 0.25) is 0 Å². The van der Waals surface area contributed by atoms with E-state index in [0.29, 0.717) is 13.0 Å². The average molecular weight is 261 g/mol. The van der Waals surface area contributed by atoms with Gasteiger partial charge in [-0.3, -0.25) is 0 Å². The minimum absolute atomic E-state index is 0.239. The fourth-order valence-electron chi connectivity index (χ4n) is 1.47. The first-order chi connectivity index (χ1) is 7.36. The van der Waals surface area contributed by atoms with E-state index in [2.05, 4.69) is 0 Å². The van der Waals surface area contributed by atoms with E-state index in [-0.39, 0.29) is 5.38 Å². The summed E-state index contributed by atoms with van der Waals surface area (Å²) in [6.45, 7) is 3.42. The highest BCUT2D eigenvalue weighted by Gasteiger charge is 2.46. The van der Waals surface area contributed by atoms with E-state index in [9.17, 15) is 13.2 Å². The lowest BCUT2D eigenvalue weighted by molar-refractivity contribution is -0.251. The number of hydrogen-bond donors (Lipinski definition) is 0. The lowest BCUT2D eigenvalue weighted by Crippen LogP contribution is -2.53. The molecule has 4 atom stereocenters. The molecule has 0 bridgehead atoms. The zero-order valence-corrected chi connectivity index (χ0v) is 10.0. The van der Waals surface area contributed by atoms with Crippen molar-refractivity contribution in [3.63, 3.8) is 0 Å². The zero-order chi connectivity index (χ0) is 12.3. The highest BCUT2D eigenvalue weighted by Crippen LogP contribution is 2.35. The van der Waals surface area contributed by atoms with Crippen molar-refractivity contribution in [2.75, 3.05) is 6.61 Å². The smallest absolute Gasteiger partial charge is 0.374 e. The molecule has 1 fully saturated rings. The summed E-state index contributed by atoms with van der Waals surface area (Å²) in [4.78, 5) is 0. The first-order valence-electron chi connectivity index (χ1n) is 5.34. The molecular weight excluding hydrogens is 245 g/mol. The van der Waals surface area contributed by atoms with Crippen molar-refractivity contribution < 1.29 is 22.6 Å². The lowest BCUT2D eigenvalue weighted by Gasteiger charge is -2.42. The molecule has 96 valence electrons. The molecule has 16 heavy (non-hydrogen) atoms. The molecule has 0 saturated heterocycles. The van der Waals surface area contributed by atoms with Gasteiger partial charge in [-0.05, 0) is 19.8 Å². The lowest BCUT2D eigenvalue weighted by atomic mass is 9.90. The molecule has 0 N–H and O–H groups in total. The van der Waals surface area contributed by atoms with Crippen LogP contribution in [-0.2, 0) is 9.47 Å². The van der Waals surface area contributed by atoms with Gasteiger partial charge in [-0.15, -0.1) is 11.6 Å². The molecule has 0 amide bonds. The quantitative estimate of drug-likeness (QED) is 0.707. The van der Waals surface area contributed by atoms with Gasteiger partial charge in [-0.1, -0.05) is 6.92 Å². The fourth-order valence-corrected chi connectivity index (χ4v) is 1.88. The predicted molar refractivity (Wildman–Crippen MR) is 54.7 cm³/mol. The number of alkyl halides is 4. The van der Waals surface area contributed by atoms with Crippen molar-refractivity contribution in [1.82, 2.24) is 0 Å². The third-order valence-corrected chi connectivity index (χ3v) is 2.96. The van der Waals surface area contributed by atoms with Crippen LogP contribution in [0.25, 0.3) is 0 Å². The monoisotopic (exact) mass is 260 g/mol. The molecule has 1 saturated carbocycles. The fraction of sp³-hybridized carbons (Fsp3) is 1.00. The van der Waals surface area contributed by atoms with Crippen LogP contribution < -0.4 is 0 Å². The Kier molecular flexibility index (Phi) is 4.88. The van der Waals surface area contributed by atoms with Crippen molar-refractivity contribution >= 4 is 11.6 Å². The maximum Gasteiger partial charge on any atom is 0.414 e. The second-order valence-electron chi connectivity index (χ2n) is 3.95. The molecule has 0 spiro atoms. The normalized spacial score (nSPS) is 32.2. The number of rotatable bonds is 5. The summed E-state index contributed by atoms with van der Waals surface area (Å²) in [5.41, 5.74) is 0. The van der Waals surface area contributed by atoms with E-state index in [1.165, 1.54) is 0 Å². The van der Waals surface area contributed by atoms with Gasteiger partial charge in [0.25, 0.3) is 0 Å². The third kappa shape index (κ3) is 3.50. The summed E-state index contributed by atoms with van der Waals surface area (Å²) < 4.78 is 47.0. The minimum atomic E-state index is -4.33. The van der Waals surface area contributed by atoms with Gasteiger partial charge in [0.2, 0.25) is 0 Å². The SMILES string of the molecule is CCCOC1C(Cl)CC1OC(C)C(F)(F)F. The molecule has 0 aromatic carbocycles. The van der Waals surface area contributed by atoms with Gasteiger partial charge in [0.1, 0.15) is 6.10 Å². The summed E-state index contributed by atoms with van der Waals surface area (Å²) in [7, 11) is 0. The Balaban J connectivity index is 2.37. The first-order valence-corrected chi connectivity index (χ1v) is 5.77. The minimum Gasteiger partial charge on any atom is -0.374 e. The molecule has 0 aromatic rings. The van der Waals surface area contributed by atoms with Gasteiger partial charge in [0, 0.05) is 6.61 Å². The van der Waals surface area contributed by atoms with Gasteiger partial charge in [-0.2, -0.15) is 13.2 Å². The third-order valence-electron chi connectivity index (χ3n) is 2.53. The summed E-state index contributed by atoms with van der Waals surface area (Å²) >= 11 is 5.86. The number of halogens is 4. The summed E-state index contributed by atoms with van der Waals surface area (Å²) in [5, 5.41) is -0.239. The number of hydrogen-bond acceptors (Lipinski definition) is 2. The van der Waals surface area contributed by atoms with E-state index in [1.54, 1.807) is 0 Å². The Labute approximate surface area is 98.0 Å². The molecule has 4 unspecified atom stereocenters. The van der Waals surface area contributed by atoms with Crippen LogP contribution in [0.3, 0.4) is 0 Å². The van der Waals surface area contributed by atoms with Crippen molar-refractivity contribution in [2.24, 2.45) is 0 Å². The Morgan fingerprint density at radius 2 is 2.06 bits per heavy atom. The zero-order valence-electron chi connectivity index (χ0n) is 9.26. The Morgan fingerprint density at radius 3 is 2.50 bits per heavy atom. The Morgan fingerprint density at radius 1 is 1.44 bits per heavy atom. The molecule has 2 nitrogen and oxygen atoms in total. The first kappa shape index (κ1) is 14.1. The summed E-state index contributed by atoms with van der Waals surface area (Å²) in [6, 6.07) is 0. The average Bonchev–Trinajstić information content (AvgIpc) is 2.16. The maximum atomic E-state index is 12.2. The van der Waals surface area contributed by atoms with Crippen molar-refractivity contribution in [3.8, 4) is 0 Å². The predicted octanol–water partition coefficient (Wildman–Crippen LogP) is 3.13. The van der Waals surface area contributed by atoms with Crippen LogP contribution in [-0.4, -0.2) is 36.5 Å². The molecule has 1 aliphatic carbocycles. The molecule has 0 radical (unpaired) electrons. The molecule has 1 rings (SSSR count).